The second kappa shape index (κ2) is 3.36. The van der Waals surface area contributed by atoms with Crippen LogP contribution < -0.4 is 15.2 Å². The fraction of sp³-hybridized carbons (Fsp3) is 0.222. The lowest BCUT2D eigenvalue weighted by atomic mass is 10.4. The molecule has 1 aliphatic heterocycles. The van der Waals surface area contributed by atoms with Crippen LogP contribution in [0.5, 0.6) is 0 Å². The third-order valence-electron chi connectivity index (χ3n) is 1.87. The Morgan fingerprint density at radius 1 is 1.17 bits per heavy atom. The first-order chi connectivity index (χ1) is 5.97. The quantitative estimate of drug-likeness (QED) is 0.575. The number of nitrogens with zero attached hydrogens (tertiary/aromatic N) is 1. The van der Waals surface area contributed by atoms with Crippen molar-refractivity contribution in [2.75, 3.05) is 6.67 Å². The van der Waals surface area contributed by atoms with Gasteiger partial charge in [-0.15, -0.1) is 0 Å². The van der Waals surface area contributed by atoms with Gasteiger partial charge in [0.15, 0.2) is 12.4 Å². The first kappa shape index (κ1) is 7.31. The first-order valence-corrected chi connectivity index (χ1v) is 4.06. The monoisotopic (exact) mass is 162 g/mol. The van der Waals surface area contributed by atoms with Crippen molar-refractivity contribution in [3.63, 3.8) is 0 Å². The summed E-state index contributed by atoms with van der Waals surface area (Å²) in [5.41, 5.74) is 0. The molecule has 1 unspecified atom stereocenters. The Kier molecular flexibility index (Phi) is 2.05. The van der Waals surface area contributed by atoms with Crippen LogP contribution in [-0.4, -0.2) is 6.67 Å². The molecule has 1 aliphatic rings. The van der Waals surface area contributed by atoms with E-state index in [1.54, 1.807) is 0 Å². The molecule has 12 heavy (non-hydrogen) atoms. The third-order valence-corrected chi connectivity index (χ3v) is 1.87. The highest BCUT2D eigenvalue weighted by Crippen LogP contribution is 1.94. The molecule has 0 aliphatic carbocycles. The van der Waals surface area contributed by atoms with Gasteiger partial charge in [-0.1, -0.05) is 6.07 Å². The van der Waals surface area contributed by atoms with Gasteiger partial charge in [0, 0.05) is 24.4 Å². The van der Waals surface area contributed by atoms with Gasteiger partial charge in [0.05, 0.1) is 6.67 Å². The van der Waals surface area contributed by atoms with Crippen molar-refractivity contribution in [2.45, 2.75) is 6.17 Å². The molecule has 1 atom stereocenters. The Labute approximate surface area is 71.7 Å². The Hall–Kier alpha value is -1.35. The number of aromatic nitrogens is 1. The van der Waals surface area contributed by atoms with Gasteiger partial charge < -0.3 is 5.32 Å². The maximum Gasteiger partial charge on any atom is 0.234 e. The Morgan fingerprint density at radius 3 is 2.67 bits per heavy atom. The summed E-state index contributed by atoms with van der Waals surface area (Å²) in [6.45, 7) is 0.822. The molecule has 0 saturated heterocycles. The van der Waals surface area contributed by atoms with E-state index in [9.17, 15) is 0 Å². The van der Waals surface area contributed by atoms with Crippen molar-refractivity contribution in [3.8, 4) is 0 Å². The van der Waals surface area contributed by atoms with E-state index < -0.39 is 0 Å². The molecule has 0 aromatic carbocycles. The molecular formula is C9H12N3+. The molecule has 0 amide bonds. The molecule has 62 valence electrons. The normalized spacial score (nSPS) is 21.8. The van der Waals surface area contributed by atoms with Gasteiger partial charge in [0.2, 0.25) is 6.17 Å². The molecule has 0 fully saturated rings. The van der Waals surface area contributed by atoms with Crippen molar-refractivity contribution in [1.82, 2.24) is 10.6 Å². The van der Waals surface area contributed by atoms with Crippen molar-refractivity contribution in [1.29, 1.82) is 0 Å². The van der Waals surface area contributed by atoms with Crippen LogP contribution in [-0.2, 0) is 0 Å². The van der Waals surface area contributed by atoms with Crippen LogP contribution in [0.4, 0.5) is 0 Å². The average Bonchev–Trinajstić information content (AvgIpc) is 2.21. The van der Waals surface area contributed by atoms with Gasteiger partial charge in [-0.3, -0.25) is 0 Å². The summed E-state index contributed by atoms with van der Waals surface area (Å²) in [7, 11) is 0. The number of nitrogens with one attached hydrogen (secondary N) is 2. The predicted octanol–water partition coefficient (Wildman–Crippen LogP) is 0.137. The summed E-state index contributed by atoms with van der Waals surface area (Å²) in [4.78, 5) is 0. The molecule has 3 nitrogen and oxygen atoms in total. The maximum atomic E-state index is 3.30. The van der Waals surface area contributed by atoms with E-state index in [2.05, 4.69) is 21.3 Å². The lowest BCUT2D eigenvalue weighted by molar-refractivity contribution is -0.718. The Balaban J connectivity index is 2.19. The Bertz CT molecular complexity index is 268. The highest BCUT2D eigenvalue weighted by atomic mass is 15.2. The highest BCUT2D eigenvalue weighted by Gasteiger charge is 2.14. The van der Waals surface area contributed by atoms with Crippen LogP contribution in [0, 0.1) is 0 Å². The summed E-state index contributed by atoms with van der Waals surface area (Å²) in [5, 5.41) is 6.38. The van der Waals surface area contributed by atoms with Crippen molar-refractivity contribution < 1.29 is 4.57 Å². The van der Waals surface area contributed by atoms with Gasteiger partial charge in [-0.05, 0) is 0 Å². The van der Waals surface area contributed by atoms with Crippen molar-refractivity contribution >= 4 is 0 Å². The molecule has 2 heterocycles. The van der Waals surface area contributed by atoms with Crippen LogP contribution in [0.1, 0.15) is 6.17 Å². The minimum atomic E-state index is 0.285. The molecule has 1 aromatic rings. The molecule has 2 N–H and O–H groups in total. The van der Waals surface area contributed by atoms with Crippen LogP contribution in [0.25, 0.3) is 0 Å². The van der Waals surface area contributed by atoms with Gasteiger partial charge in [0.25, 0.3) is 0 Å². The average molecular weight is 162 g/mol. The van der Waals surface area contributed by atoms with Gasteiger partial charge >= 0.3 is 0 Å². The van der Waals surface area contributed by atoms with Crippen LogP contribution in [0.2, 0.25) is 0 Å². The zero-order valence-electron chi connectivity index (χ0n) is 6.77. The minimum Gasteiger partial charge on any atom is -0.378 e. The SMILES string of the molecule is C1=CC([n+]2ccccc2)NCN1. The zero-order chi connectivity index (χ0) is 8.23. The van der Waals surface area contributed by atoms with E-state index in [0.717, 1.165) is 6.67 Å². The molecule has 0 spiro atoms. The number of hydrogen-bond acceptors (Lipinski definition) is 2. The lowest BCUT2D eigenvalue weighted by Gasteiger charge is -2.14. The van der Waals surface area contributed by atoms with E-state index >= 15 is 0 Å². The topological polar surface area (TPSA) is 27.9 Å². The molecular weight excluding hydrogens is 150 g/mol. The van der Waals surface area contributed by atoms with Crippen LogP contribution >= 0.6 is 0 Å². The van der Waals surface area contributed by atoms with E-state index in [1.165, 1.54) is 0 Å². The van der Waals surface area contributed by atoms with Gasteiger partial charge in [-0.2, -0.15) is 4.57 Å². The van der Waals surface area contributed by atoms with E-state index in [1.807, 2.05) is 36.8 Å². The Morgan fingerprint density at radius 2 is 2.00 bits per heavy atom. The molecule has 0 bridgehead atoms. The first-order valence-electron chi connectivity index (χ1n) is 4.06. The summed E-state index contributed by atoms with van der Waals surface area (Å²) in [6, 6.07) is 6.07. The fourth-order valence-electron chi connectivity index (χ4n) is 1.25. The van der Waals surface area contributed by atoms with Crippen molar-refractivity contribution in [2.24, 2.45) is 0 Å². The van der Waals surface area contributed by atoms with E-state index in [-0.39, 0.29) is 6.17 Å². The third kappa shape index (κ3) is 1.46. The number of rotatable bonds is 1. The number of hydrogen-bond donors (Lipinski definition) is 2. The summed E-state index contributed by atoms with van der Waals surface area (Å²) in [5.74, 6) is 0. The summed E-state index contributed by atoms with van der Waals surface area (Å²) in [6.07, 6.45) is 8.44. The van der Waals surface area contributed by atoms with Crippen LogP contribution in [0.15, 0.2) is 42.9 Å². The standard InChI is InChI=1S/C9H12N3/c1-2-6-12(7-3-1)9-4-5-10-8-11-9/h1-7,9-11H,8H2/q+1. The van der Waals surface area contributed by atoms with Gasteiger partial charge in [0.1, 0.15) is 0 Å². The molecule has 0 saturated carbocycles. The lowest BCUT2D eigenvalue weighted by Crippen LogP contribution is -2.49. The zero-order valence-corrected chi connectivity index (χ0v) is 6.77. The number of pyridine rings is 1. The second-order valence-electron chi connectivity index (χ2n) is 2.71. The van der Waals surface area contributed by atoms with E-state index in [0.29, 0.717) is 0 Å². The maximum absolute atomic E-state index is 3.30. The summed E-state index contributed by atoms with van der Waals surface area (Å²) < 4.78 is 2.12. The molecule has 3 heteroatoms. The minimum absolute atomic E-state index is 0.285. The smallest absolute Gasteiger partial charge is 0.234 e. The second-order valence-corrected chi connectivity index (χ2v) is 2.71. The predicted molar refractivity (Wildman–Crippen MR) is 46.0 cm³/mol. The van der Waals surface area contributed by atoms with E-state index in [4.69, 9.17) is 0 Å². The highest BCUT2D eigenvalue weighted by molar-refractivity contribution is 4.89. The van der Waals surface area contributed by atoms with Crippen molar-refractivity contribution in [3.05, 3.63) is 42.9 Å². The van der Waals surface area contributed by atoms with Gasteiger partial charge in [-0.25, -0.2) is 5.32 Å². The fourth-order valence-corrected chi connectivity index (χ4v) is 1.25. The molecule has 0 radical (unpaired) electrons. The summed E-state index contributed by atoms with van der Waals surface area (Å²) >= 11 is 0. The van der Waals surface area contributed by atoms with Crippen LogP contribution in [0.3, 0.4) is 0 Å². The largest absolute Gasteiger partial charge is 0.378 e. The molecule has 1 aromatic heterocycles. The molecule has 2 rings (SSSR count).